The number of anilines is 1. The largest absolute Gasteiger partial charge is 0.478 e. The van der Waals surface area contributed by atoms with E-state index >= 15 is 0 Å². The first kappa shape index (κ1) is 13.9. The lowest BCUT2D eigenvalue weighted by Gasteiger charge is -2.16. The van der Waals surface area contributed by atoms with Crippen molar-refractivity contribution >= 4 is 23.3 Å². The van der Waals surface area contributed by atoms with E-state index in [1.807, 2.05) is 18.2 Å². The van der Waals surface area contributed by atoms with Gasteiger partial charge in [0.15, 0.2) is 0 Å². The molecule has 1 atom stereocenters. The smallest absolute Gasteiger partial charge is 0.338 e. The highest BCUT2D eigenvalue weighted by molar-refractivity contribution is 6.30. The highest BCUT2D eigenvalue weighted by Crippen LogP contribution is 2.35. The van der Waals surface area contributed by atoms with Gasteiger partial charge in [0.05, 0.1) is 11.6 Å². The van der Waals surface area contributed by atoms with Gasteiger partial charge >= 0.3 is 5.97 Å². The number of aromatic carboxylic acids is 1. The van der Waals surface area contributed by atoms with E-state index in [9.17, 15) is 9.18 Å². The number of halogens is 2. The van der Waals surface area contributed by atoms with E-state index in [-0.39, 0.29) is 11.6 Å². The summed E-state index contributed by atoms with van der Waals surface area (Å²) in [6.07, 6.45) is 1.82. The van der Waals surface area contributed by atoms with Gasteiger partial charge in [-0.15, -0.1) is 0 Å². The Hall–Kier alpha value is -2.07. The van der Waals surface area contributed by atoms with E-state index in [2.05, 4.69) is 5.32 Å². The number of benzene rings is 2. The fourth-order valence-electron chi connectivity index (χ4n) is 2.72. The molecule has 0 amide bonds. The molecule has 1 unspecified atom stereocenters. The SMILES string of the molecule is O=C(O)c1cc(NC2CCc3cc(Cl)ccc32)ccc1F. The van der Waals surface area contributed by atoms with E-state index in [4.69, 9.17) is 16.7 Å². The van der Waals surface area contributed by atoms with Crippen LogP contribution in [0, 0.1) is 5.82 Å². The Bertz CT molecular complexity index is 717. The van der Waals surface area contributed by atoms with E-state index in [0.717, 1.165) is 18.4 Å². The molecular formula is C16H13ClFNO2. The van der Waals surface area contributed by atoms with Crippen LogP contribution in [0.4, 0.5) is 10.1 Å². The molecule has 0 saturated carbocycles. The molecule has 0 fully saturated rings. The Labute approximate surface area is 126 Å². The molecule has 3 rings (SSSR count). The van der Waals surface area contributed by atoms with Gasteiger partial charge in [0.2, 0.25) is 0 Å². The normalized spacial score (nSPS) is 16.6. The fourth-order valence-corrected chi connectivity index (χ4v) is 2.91. The molecule has 2 aromatic rings. The molecular weight excluding hydrogens is 293 g/mol. The van der Waals surface area contributed by atoms with Crippen molar-refractivity contribution in [3.8, 4) is 0 Å². The monoisotopic (exact) mass is 305 g/mol. The quantitative estimate of drug-likeness (QED) is 0.890. The van der Waals surface area contributed by atoms with Crippen molar-refractivity contribution in [3.63, 3.8) is 0 Å². The third-order valence-corrected chi connectivity index (χ3v) is 3.96. The van der Waals surface area contributed by atoms with Gasteiger partial charge in [-0.1, -0.05) is 17.7 Å². The number of carbonyl (C=O) groups is 1. The predicted octanol–water partition coefficient (Wildman–Crippen LogP) is 4.28. The van der Waals surface area contributed by atoms with E-state index < -0.39 is 11.8 Å². The van der Waals surface area contributed by atoms with Crippen molar-refractivity contribution < 1.29 is 14.3 Å². The van der Waals surface area contributed by atoms with Gasteiger partial charge in [-0.3, -0.25) is 0 Å². The highest BCUT2D eigenvalue weighted by Gasteiger charge is 2.23. The fraction of sp³-hybridized carbons (Fsp3) is 0.188. The zero-order valence-electron chi connectivity index (χ0n) is 11.1. The van der Waals surface area contributed by atoms with Crippen LogP contribution in [0.5, 0.6) is 0 Å². The summed E-state index contributed by atoms with van der Waals surface area (Å²) in [6, 6.07) is 9.90. The number of rotatable bonds is 3. The molecule has 5 heteroatoms. The molecule has 2 N–H and O–H groups in total. The van der Waals surface area contributed by atoms with Crippen LogP contribution in [0.1, 0.15) is 33.9 Å². The summed E-state index contributed by atoms with van der Waals surface area (Å²) in [6.45, 7) is 0. The van der Waals surface area contributed by atoms with Gasteiger partial charge in [-0.25, -0.2) is 9.18 Å². The van der Waals surface area contributed by atoms with Crippen molar-refractivity contribution in [3.05, 3.63) is 63.9 Å². The first-order valence-corrected chi connectivity index (χ1v) is 7.00. The van der Waals surface area contributed by atoms with Crippen molar-refractivity contribution in [1.29, 1.82) is 0 Å². The molecule has 0 radical (unpaired) electrons. The topological polar surface area (TPSA) is 49.3 Å². The Balaban J connectivity index is 1.86. The second-order valence-electron chi connectivity index (χ2n) is 5.08. The maximum absolute atomic E-state index is 13.4. The summed E-state index contributed by atoms with van der Waals surface area (Å²) >= 11 is 5.98. The van der Waals surface area contributed by atoms with Crippen LogP contribution >= 0.6 is 11.6 Å². The van der Waals surface area contributed by atoms with Crippen molar-refractivity contribution in [2.75, 3.05) is 5.32 Å². The summed E-state index contributed by atoms with van der Waals surface area (Å²) in [5.41, 5.74) is 2.62. The summed E-state index contributed by atoms with van der Waals surface area (Å²) in [5, 5.41) is 12.9. The first-order valence-electron chi connectivity index (χ1n) is 6.62. The van der Waals surface area contributed by atoms with E-state index in [1.54, 1.807) is 6.07 Å². The summed E-state index contributed by atoms with van der Waals surface area (Å²) in [5.74, 6) is -2.00. The van der Waals surface area contributed by atoms with Crippen LogP contribution in [-0.4, -0.2) is 11.1 Å². The average Bonchev–Trinajstić information content (AvgIpc) is 2.83. The van der Waals surface area contributed by atoms with E-state index in [0.29, 0.717) is 10.7 Å². The predicted molar refractivity (Wildman–Crippen MR) is 79.5 cm³/mol. The molecule has 0 spiro atoms. The van der Waals surface area contributed by atoms with Gasteiger partial charge < -0.3 is 10.4 Å². The van der Waals surface area contributed by atoms with Crippen LogP contribution in [0.15, 0.2) is 36.4 Å². The number of aryl methyl sites for hydroxylation is 1. The third kappa shape index (κ3) is 2.72. The number of hydrogen-bond acceptors (Lipinski definition) is 2. The molecule has 2 aromatic carbocycles. The lowest BCUT2D eigenvalue weighted by Crippen LogP contribution is -2.09. The van der Waals surface area contributed by atoms with Crippen LogP contribution in [0.3, 0.4) is 0 Å². The first-order chi connectivity index (χ1) is 10.0. The summed E-state index contributed by atoms with van der Waals surface area (Å²) in [7, 11) is 0. The van der Waals surface area contributed by atoms with Crippen LogP contribution in [-0.2, 0) is 6.42 Å². The Morgan fingerprint density at radius 2 is 2.10 bits per heavy atom. The van der Waals surface area contributed by atoms with Gasteiger partial charge in [-0.2, -0.15) is 0 Å². The minimum absolute atomic E-state index is 0.0874. The lowest BCUT2D eigenvalue weighted by atomic mass is 10.1. The second-order valence-corrected chi connectivity index (χ2v) is 5.51. The van der Waals surface area contributed by atoms with Crippen LogP contribution in [0.2, 0.25) is 5.02 Å². The molecule has 108 valence electrons. The van der Waals surface area contributed by atoms with Crippen LogP contribution < -0.4 is 5.32 Å². The summed E-state index contributed by atoms with van der Waals surface area (Å²) < 4.78 is 13.4. The number of fused-ring (bicyclic) bond motifs is 1. The minimum atomic E-state index is -1.27. The van der Waals surface area contributed by atoms with Crippen molar-refractivity contribution in [2.45, 2.75) is 18.9 Å². The zero-order valence-corrected chi connectivity index (χ0v) is 11.8. The molecule has 0 aliphatic heterocycles. The third-order valence-electron chi connectivity index (χ3n) is 3.72. The molecule has 21 heavy (non-hydrogen) atoms. The average molecular weight is 306 g/mol. The number of carboxylic acids is 1. The van der Waals surface area contributed by atoms with Crippen molar-refractivity contribution in [2.24, 2.45) is 0 Å². The molecule has 0 heterocycles. The molecule has 0 bridgehead atoms. The van der Waals surface area contributed by atoms with Gasteiger partial charge in [0.25, 0.3) is 0 Å². The molecule has 0 saturated heterocycles. The molecule has 3 nitrogen and oxygen atoms in total. The minimum Gasteiger partial charge on any atom is -0.478 e. The number of nitrogens with one attached hydrogen (secondary N) is 1. The van der Waals surface area contributed by atoms with Gasteiger partial charge in [0.1, 0.15) is 5.82 Å². The Morgan fingerprint density at radius 3 is 2.86 bits per heavy atom. The molecule has 0 aromatic heterocycles. The molecule has 1 aliphatic rings. The highest BCUT2D eigenvalue weighted by atomic mass is 35.5. The molecule has 1 aliphatic carbocycles. The number of hydrogen-bond donors (Lipinski definition) is 2. The Kier molecular flexibility index (Phi) is 3.55. The van der Waals surface area contributed by atoms with Crippen LogP contribution in [0.25, 0.3) is 0 Å². The van der Waals surface area contributed by atoms with E-state index in [1.165, 1.54) is 17.7 Å². The lowest BCUT2D eigenvalue weighted by molar-refractivity contribution is 0.0692. The maximum Gasteiger partial charge on any atom is 0.338 e. The Morgan fingerprint density at radius 1 is 1.29 bits per heavy atom. The second kappa shape index (κ2) is 5.37. The zero-order chi connectivity index (χ0) is 15.0. The van der Waals surface area contributed by atoms with Gasteiger partial charge in [-0.05, 0) is 54.3 Å². The maximum atomic E-state index is 13.4. The summed E-state index contributed by atoms with van der Waals surface area (Å²) in [4.78, 5) is 11.0. The number of carboxylic acid groups (broad SMARTS) is 1. The standard InChI is InChI=1S/C16H13ClFNO2/c17-10-2-4-12-9(7-10)1-6-15(12)19-11-3-5-14(18)13(8-11)16(20)21/h2-5,7-8,15,19H,1,6H2,(H,20,21). The van der Waals surface area contributed by atoms with Crippen molar-refractivity contribution in [1.82, 2.24) is 0 Å². The van der Waals surface area contributed by atoms with Gasteiger partial charge in [0, 0.05) is 10.7 Å².